The first-order valence-electron chi connectivity index (χ1n) is 18.4. The lowest BCUT2D eigenvalue weighted by molar-refractivity contribution is -0.193. The van der Waals surface area contributed by atoms with Crippen LogP contribution in [0, 0.1) is 11.3 Å². The molecule has 2 N–H and O–H groups in total. The van der Waals surface area contributed by atoms with Gasteiger partial charge in [0.25, 0.3) is 0 Å². The third-order valence-corrected chi connectivity index (χ3v) is 16.1. The van der Waals surface area contributed by atoms with Crippen LogP contribution >= 0.6 is 0 Å². The van der Waals surface area contributed by atoms with E-state index in [9.17, 15) is 9.90 Å². The number of carbonyl (C=O) groups is 1. The standard InChI is InChI=1S/C40H44N4O4/c1-4-37-22-36-20-24(32(46)47-3)30-38(25-10-5-7-12-28(25)41-30)15-19-43(36)31(37)27-21-35(23(2)45)14-9-17-42-18-16-39(33(35)42)26-11-6-8-13-29(26)44(34(36)38)40(27,39)48-37/h5-14,23,27,31,33-34,41,45H,4,15-22H2,1-3H3/t23-,27-,31-,33-,34+,35-,36-,37-,38+,39+,40+/m0/s1. The quantitative estimate of drug-likeness (QED) is 0.375. The molecule has 0 radical (unpaired) electrons. The highest BCUT2D eigenvalue weighted by atomic mass is 16.6. The normalized spacial score (nSPS) is 49.2. The number of aliphatic hydroxyl groups is 1. The molecular formula is C40H44N4O4. The fourth-order valence-corrected chi connectivity index (χ4v) is 15.2. The van der Waals surface area contributed by atoms with Crippen LogP contribution in [0.5, 0.6) is 0 Å². The average Bonchev–Trinajstić information content (AvgIpc) is 3.83. The van der Waals surface area contributed by atoms with Gasteiger partial charge in [-0.15, -0.1) is 0 Å². The Hall–Kier alpha value is -3.17. The van der Waals surface area contributed by atoms with Crippen LogP contribution in [0.2, 0.25) is 0 Å². The molecule has 5 saturated heterocycles. The van der Waals surface area contributed by atoms with Gasteiger partial charge >= 0.3 is 5.97 Å². The molecule has 12 rings (SSSR count). The zero-order valence-corrected chi connectivity index (χ0v) is 28.0. The SMILES string of the molecule is CC[C@]12C[C@]34CC(C(=O)OC)=C5Nc6ccccc6[C@]56CCN3[C@H]1[C@@H]1C[C@]3([C@H](C)O)C=CCN5CC[C@@]7(c8ccccc8N([C@H]46)[C@@]17O2)[C@@H]53. The van der Waals surface area contributed by atoms with Crippen molar-refractivity contribution >= 4 is 17.3 Å². The van der Waals surface area contributed by atoms with Crippen LogP contribution in [0.25, 0.3) is 0 Å². The van der Waals surface area contributed by atoms with Crippen LogP contribution in [0.3, 0.4) is 0 Å². The number of benzene rings is 2. The van der Waals surface area contributed by atoms with Crippen molar-refractivity contribution in [2.24, 2.45) is 11.3 Å². The van der Waals surface area contributed by atoms with E-state index in [1.165, 1.54) is 23.9 Å². The number of para-hydroxylation sites is 2. The van der Waals surface area contributed by atoms with Gasteiger partial charge in [0.05, 0.1) is 46.8 Å². The summed E-state index contributed by atoms with van der Waals surface area (Å²) in [5, 5.41) is 15.9. The van der Waals surface area contributed by atoms with Crippen LogP contribution < -0.4 is 10.2 Å². The summed E-state index contributed by atoms with van der Waals surface area (Å²) in [6.45, 7) is 7.28. The largest absolute Gasteiger partial charge is 0.466 e. The molecule has 248 valence electrons. The Balaban J connectivity index is 1.24. The first-order chi connectivity index (χ1) is 23.3. The van der Waals surface area contributed by atoms with Gasteiger partial charge in [0.2, 0.25) is 0 Å². The molecule has 10 aliphatic rings. The Labute approximate surface area is 281 Å². The highest BCUT2D eigenvalue weighted by molar-refractivity contribution is 5.94. The Kier molecular flexibility index (Phi) is 4.64. The van der Waals surface area contributed by atoms with Gasteiger partial charge in [-0.05, 0) is 68.8 Å². The van der Waals surface area contributed by atoms with Crippen molar-refractivity contribution in [2.75, 3.05) is 37.0 Å². The highest BCUT2D eigenvalue weighted by Gasteiger charge is 2.91. The molecule has 8 nitrogen and oxygen atoms in total. The second kappa shape index (κ2) is 8.07. The van der Waals surface area contributed by atoms with Crippen LogP contribution in [-0.4, -0.2) is 88.7 Å². The number of fused-ring (bicyclic) bond motifs is 3. The summed E-state index contributed by atoms with van der Waals surface area (Å²) in [7, 11) is 1.54. The molecule has 1 saturated carbocycles. The van der Waals surface area contributed by atoms with Gasteiger partial charge in [-0.25, -0.2) is 4.79 Å². The Morgan fingerprint density at radius 3 is 2.73 bits per heavy atom. The van der Waals surface area contributed by atoms with E-state index in [0.29, 0.717) is 6.42 Å². The van der Waals surface area contributed by atoms with Crippen LogP contribution in [0.1, 0.15) is 63.5 Å². The molecule has 8 aliphatic heterocycles. The molecule has 2 aromatic rings. The van der Waals surface area contributed by atoms with E-state index >= 15 is 0 Å². The molecule has 48 heavy (non-hydrogen) atoms. The van der Waals surface area contributed by atoms with Crippen molar-refractivity contribution in [1.82, 2.24) is 9.80 Å². The molecule has 2 aromatic carbocycles. The maximum Gasteiger partial charge on any atom is 0.335 e. The molecule has 8 heteroatoms. The number of methoxy groups -OCH3 is 1. The van der Waals surface area contributed by atoms with Gasteiger partial charge in [-0.3, -0.25) is 9.80 Å². The van der Waals surface area contributed by atoms with Gasteiger partial charge in [-0.1, -0.05) is 55.5 Å². The predicted octanol–water partition coefficient (Wildman–Crippen LogP) is 4.44. The topological polar surface area (TPSA) is 77.5 Å². The van der Waals surface area contributed by atoms with E-state index in [4.69, 9.17) is 9.47 Å². The van der Waals surface area contributed by atoms with E-state index in [2.05, 4.69) is 94.5 Å². The fraction of sp³-hybridized carbons (Fsp3) is 0.575. The highest BCUT2D eigenvalue weighted by Crippen LogP contribution is 2.82. The van der Waals surface area contributed by atoms with E-state index in [1.54, 1.807) is 0 Å². The molecule has 0 amide bonds. The van der Waals surface area contributed by atoms with Gasteiger partial charge in [0.15, 0.2) is 5.72 Å². The molecule has 4 spiro atoms. The number of rotatable bonds is 3. The zero-order valence-electron chi connectivity index (χ0n) is 28.0. The van der Waals surface area contributed by atoms with Crippen molar-refractivity contribution < 1.29 is 19.4 Å². The number of hydrogen-bond acceptors (Lipinski definition) is 8. The van der Waals surface area contributed by atoms with Crippen LogP contribution in [-0.2, 0) is 25.1 Å². The summed E-state index contributed by atoms with van der Waals surface area (Å²) in [5.41, 5.74) is 4.71. The van der Waals surface area contributed by atoms with E-state index in [0.717, 1.165) is 68.7 Å². The van der Waals surface area contributed by atoms with Gasteiger partial charge in [0.1, 0.15) is 0 Å². The summed E-state index contributed by atoms with van der Waals surface area (Å²) < 4.78 is 13.9. The summed E-state index contributed by atoms with van der Waals surface area (Å²) in [6.07, 6.45) is 9.62. The second-order valence-corrected chi connectivity index (χ2v) is 17.0. The van der Waals surface area contributed by atoms with E-state index in [-0.39, 0.29) is 52.0 Å². The minimum absolute atomic E-state index is 0.0643. The van der Waals surface area contributed by atoms with Crippen molar-refractivity contribution in [2.45, 2.75) is 104 Å². The van der Waals surface area contributed by atoms with E-state index in [1.807, 2.05) is 0 Å². The number of nitrogens with one attached hydrogen (secondary N) is 1. The average molecular weight is 645 g/mol. The predicted molar refractivity (Wildman–Crippen MR) is 180 cm³/mol. The smallest absolute Gasteiger partial charge is 0.335 e. The summed E-state index contributed by atoms with van der Waals surface area (Å²) in [6, 6.07) is 18.5. The van der Waals surface area contributed by atoms with E-state index < -0.39 is 17.2 Å². The fourth-order valence-electron chi connectivity index (χ4n) is 15.2. The third kappa shape index (κ3) is 2.37. The molecule has 6 fully saturated rings. The maximum absolute atomic E-state index is 14.0. The Morgan fingerprint density at radius 1 is 1.10 bits per heavy atom. The summed E-state index contributed by atoms with van der Waals surface area (Å²) >= 11 is 0. The number of anilines is 2. The zero-order chi connectivity index (χ0) is 32.2. The minimum atomic E-state index is -0.565. The maximum atomic E-state index is 14.0. The van der Waals surface area contributed by atoms with Crippen molar-refractivity contribution in [3.05, 3.63) is 83.1 Å². The first-order valence-corrected chi connectivity index (χ1v) is 18.4. The molecule has 6 bridgehead atoms. The van der Waals surface area contributed by atoms with Crippen LogP contribution in [0.15, 0.2) is 72.0 Å². The molecule has 1 unspecified atom stereocenters. The number of nitrogens with zero attached hydrogens (tertiary/aromatic N) is 3. The molecule has 12 atom stereocenters. The number of ether oxygens (including phenoxy) is 2. The van der Waals surface area contributed by atoms with Crippen molar-refractivity contribution in [1.29, 1.82) is 0 Å². The van der Waals surface area contributed by atoms with Gasteiger partial charge in [-0.2, -0.15) is 0 Å². The second-order valence-electron chi connectivity index (χ2n) is 17.0. The first kappa shape index (κ1) is 27.6. The lowest BCUT2D eigenvalue weighted by Crippen LogP contribution is -2.78. The molecule has 0 aromatic heterocycles. The van der Waals surface area contributed by atoms with Gasteiger partial charge < -0.3 is 24.8 Å². The monoisotopic (exact) mass is 644 g/mol. The Bertz CT molecular complexity index is 1940. The summed E-state index contributed by atoms with van der Waals surface area (Å²) in [4.78, 5) is 22.4. The number of piperidine rings is 1. The number of hydrogen-bond donors (Lipinski definition) is 2. The Morgan fingerprint density at radius 2 is 1.92 bits per heavy atom. The number of aliphatic hydroxyl groups excluding tert-OH is 1. The number of carbonyl (C=O) groups excluding carboxylic acids is 1. The third-order valence-electron chi connectivity index (χ3n) is 16.1. The molecule has 2 aliphatic carbocycles. The van der Waals surface area contributed by atoms with Crippen molar-refractivity contribution in [3.63, 3.8) is 0 Å². The van der Waals surface area contributed by atoms with Crippen LogP contribution in [0.4, 0.5) is 11.4 Å². The summed E-state index contributed by atoms with van der Waals surface area (Å²) in [5.74, 6) is -0.0199. The lowest BCUT2D eigenvalue weighted by atomic mass is 9.47. The number of esters is 1. The minimum Gasteiger partial charge on any atom is -0.466 e. The van der Waals surface area contributed by atoms with Crippen molar-refractivity contribution in [3.8, 4) is 0 Å². The molecular weight excluding hydrogens is 600 g/mol. The lowest BCUT2D eigenvalue weighted by Gasteiger charge is -2.66. The van der Waals surface area contributed by atoms with Gasteiger partial charge in [0, 0.05) is 60.0 Å². The molecule has 8 heterocycles.